The van der Waals surface area contributed by atoms with Gasteiger partial charge >= 0.3 is 5.97 Å². The number of carboxylic acid groups (broad SMARTS) is 1. The van der Waals surface area contributed by atoms with Crippen molar-refractivity contribution >= 4 is 16.9 Å². The number of benzene rings is 1. The van der Waals surface area contributed by atoms with Gasteiger partial charge in [-0.25, -0.2) is 4.79 Å². The van der Waals surface area contributed by atoms with Crippen LogP contribution >= 0.6 is 0 Å². The first-order valence-electron chi connectivity index (χ1n) is 6.17. The Kier molecular flexibility index (Phi) is 2.75. The Hall–Kier alpha value is -2.69. The standard InChI is InChI=1S/C15H14N2O3/c1-17-11(6-7-12(17)15(18)19)10-8-9-4-3-5-13(20-2)14(9)16-10/h3-8,16H,1-2H3,(H,18,19). The van der Waals surface area contributed by atoms with Gasteiger partial charge in [0.05, 0.1) is 24.0 Å². The number of aromatic carboxylic acids is 1. The van der Waals surface area contributed by atoms with Gasteiger partial charge in [-0.3, -0.25) is 0 Å². The summed E-state index contributed by atoms with van der Waals surface area (Å²) in [6, 6.07) is 11.2. The molecule has 1 aromatic carbocycles. The molecule has 0 aliphatic heterocycles. The number of carbonyl (C=O) groups is 1. The first kappa shape index (κ1) is 12.3. The SMILES string of the molecule is COc1cccc2cc(-c3ccc(C(=O)O)n3C)[nH]c12. The highest BCUT2D eigenvalue weighted by Crippen LogP contribution is 2.30. The van der Waals surface area contributed by atoms with Gasteiger partial charge in [-0.2, -0.15) is 0 Å². The summed E-state index contributed by atoms with van der Waals surface area (Å²) in [5.41, 5.74) is 2.84. The normalized spacial score (nSPS) is 10.9. The zero-order valence-electron chi connectivity index (χ0n) is 11.2. The van der Waals surface area contributed by atoms with Crippen LogP contribution in [0.4, 0.5) is 0 Å². The van der Waals surface area contributed by atoms with E-state index in [1.807, 2.05) is 24.3 Å². The van der Waals surface area contributed by atoms with Crippen molar-refractivity contribution in [3.05, 3.63) is 42.1 Å². The van der Waals surface area contributed by atoms with Gasteiger partial charge in [0.15, 0.2) is 0 Å². The molecular weight excluding hydrogens is 256 g/mol. The van der Waals surface area contributed by atoms with Crippen LogP contribution in [0.25, 0.3) is 22.3 Å². The number of aromatic amines is 1. The number of hydrogen-bond donors (Lipinski definition) is 2. The van der Waals surface area contributed by atoms with Gasteiger partial charge in [0.2, 0.25) is 0 Å². The van der Waals surface area contributed by atoms with Gasteiger partial charge in [-0.05, 0) is 24.3 Å². The molecule has 5 heteroatoms. The molecule has 0 unspecified atom stereocenters. The molecule has 0 saturated carbocycles. The van der Waals surface area contributed by atoms with E-state index in [9.17, 15) is 4.79 Å². The summed E-state index contributed by atoms with van der Waals surface area (Å²) in [7, 11) is 3.36. The molecule has 0 saturated heterocycles. The third kappa shape index (κ3) is 1.75. The quantitative estimate of drug-likeness (QED) is 0.769. The lowest BCUT2D eigenvalue weighted by Gasteiger charge is -2.03. The fourth-order valence-corrected chi connectivity index (χ4v) is 2.43. The second kappa shape index (κ2) is 4.45. The number of ether oxygens (including phenoxy) is 1. The van der Waals surface area contributed by atoms with Crippen LogP contribution in [0.5, 0.6) is 5.75 Å². The van der Waals surface area contributed by atoms with Crippen molar-refractivity contribution in [3.8, 4) is 17.1 Å². The summed E-state index contributed by atoms with van der Waals surface area (Å²) in [6.45, 7) is 0. The molecule has 2 N–H and O–H groups in total. The molecular formula is C15H14N2O3. The van der Waals surface area contributed by atoms with Gasteiger partial charge < -0.3 is 19.4 Å². The lowest BCUT2D eigenvalue weighted by atomic mass is 10.2. The number of rotatable bonds is 3. The summed E-state index contributed by atoms with van der Waals surface area (Å²) in [5, 5.41) is 10.1. The maximum atomic E-state index is 11.1. The van der Waals surface area contributed by atoms with Crippen molar-refractivity contribution in [2.45, 2.75) is 0 Å². The Morgan fingerprint density at radius 2 is 2.10 bits per heavy atom. The van der Waals surface area contributed by atoms with Crippen molar-refractivity contribution in [1.29, 1.82) is 0 Å². The second-order valence-corrected chi connectivity index (χ2v) is 4.58. The summed E-state index contributed by atoms with van der Waals surface area (Å²) >= 11 is 0. The molecule has 0 aliphatic carbocycles. The largest absolute Gasteiger partial charge is 0.495 e. The minimum atomic E-state index is -0.938. The van der Waals surface area contributed by atoms with Crippen LogP contribution in [0.3, 0.4) is 0 Å². The molecule has 102 valence electrons. The van der Waals surface area contributed by atoms with Crippen molar-refractivity contribution in [2.24, 2.45) is 7.05 Å². The molecule has 2 heterocycles. The van der Waals surface area contributed by atoms with Crippen LogP contribution in [-0.4, -0.2) is 27.7 Å². The van der Waals surface area contributed by atoms with Crippen molar-refractivity contribution in [3.63, 3.8) is 0 Å². The monoisotopic (exact) mass is 270 g/mol. The summed E-state index contributed by atoms with van der Waals surface area (Å²) in [4.78, 5) is 14.4. The zero-order valence-corrected chi connectivity index (χ0v) is 11.2. The number of nitrogens with zero attached hydrogens (tertiary/aromatic N) is 1. The molecule has 20 heavy (non-hydrogen) atoms. The van der Waals surface area contributed by atoms with E-state index in [4.69, 9.17) is 9.84 Å². The number of aromatic nitrogens is 2. The molecule has 0 aliphatic rings. The Balaban J connectivity index is 2.18. The van der Waals surface area contributed by atoms with Crippen LogP contribution in [0.15, 0.2) is 36.4 Å². The highest BCUT2D eigenvalue weighted by molar-refractivity contribution is 5.91. The average molecular weight is 270 g/mol. The lowest BCUT2D eigenvalue weighted by Crippen LogP contribution is -2.05. The Morgan fingerprint density at radius 1 is 1.30 bits per heavy atom. The third-order valence-electron chi connectivity index (χ3n) is 3.45. The van der Waals surface area contributed by atoms with Crippen molar-refractivity contribution in [2.75, 3.05) is 7.11 Å². The lowest BCUT2D eigenvalue weighted by molar-refractivity contribution is 0.0687. The van der Waals surface area contributed by atoms with Crippen LogP contribution in [0.1, 0.15) is 10.5 Å². The number of carboxylic acids is 1. The molecule has 0 fully saturated rings. The van der Waals surface area contributed by atoms with E-state index < -0.39 is 5.97 Å². The molecule has 0 atom stereocenters. The van der Waals surface area contributed by atoms with Gasteiger partial charge in [0, 0.05) is 12.4 Å². The number of methoxy groups -OCH3 is 1. The number of hydrogen-bond acceptors (Lipinski definition) is 2. The number of H-pyrrole nitrogens is 1. The highest BCUT2D eigenvalue weighted by atomic mass is 16.5. The average Bonchev–Trinajstić information content (AvgIpc) is 3.00. The third-order valence-corrected chi connectivity index (χ3v) is 3.45. The minimum absolute atomic E-state index is 0.255. The minimum Gasteiger partial charge on any atom is -0.495 e. The smallest absolute Gasteiger partial charge is 0.352 e. The maximum Gasteiger partial charge on any atom is 0.352 e. The van der Waals surface area contributed by atoms with Crippen LogP contribution in [-0.2, 0) is 7.05 Å². The van der Waals surface area contributed by atoms with Crippen molar-refractivity contribution < 1.29 is 14.6 Å². The molecule has 3 rings (SSSR count). The summed E-state index contributed by atoms with van der Waals surface area (Å²) in [5.74, 6) is -0.172. The first-order valence-corrected chi connectivity index (χ1v) is 6.17. The summed E-state index contributed by atoms with van der Waals surface area (Å²) in [6.07, 6.45) is 0. The molecule has 0 radical (unpaired) electrons. The molecule has 3 aromatic rings. The first-order chi connectivity index (χ1) is 9.61. The molecule has 0 amide bonds. The van der Waals surface area contributed by atoms with Gasteiger partial charge in [-0.1, -0.05) is 12.1 Å². The molecule has 5 nitrogen and oxygen atoms in total. The van der Waals surface area contributed by atoms with Crippen LogP contribution in [0.2, 0.25) is 0 Å². The van der Waals surface area contributed by atoms with E-state index in [0.29, 0.717) is 0 Å². The van der Waals surface area contributed by atoms with Crippen LogP contribution < -0.4 is 4.74 Å². The second-order valence-electron chi connectivity index (χ2n) is 4.58. The zero-order chi connectivity index (χ0) is 14.3. The topological polar surface area (TPSA) is 67.2 Å². The Bertz CT molecular complexity index is 799. The predicted octanol–water partition coefficient (Wildman–Crippen LogP) is 2.88. The predicted molar refractivity (Wildman–Crippen MR) is 76.2 cm³/mol. The molecule has 0 bridgehead atoms. The van der Waals surface area contributed by atoms with E-state index >= 15 is 0 Å². The number of nitrogens with one attached hydrogen (secondary N) is 1. The van der Waals surface area contributed by atoms with E-state index in [-0.39, 0.29) is 5.69 Å². The van der Waals surface area contributed by atoms with E-state index in [2.05, 4.69) is 4.98 Å². The van der Waals surface area contributed by atoms with Crippen molar-refractivity contribution in [1.82, 2.24) is 9.55 Å². The molecule has 2 aromatic heterocycles. The maximum absolute atomic E-state index is 11.1. The van der Waals surface area contributed by atoms with E-state index in [1.165, 1.54) is 0 Å². The van der Waals surface area contributed by atoms with E-state index in [0.717, 1.165) is 28.0 Å². The van der Waals surface area contributed by atoms with Gasteiger partial charge in [0.25, 0.3) is 0 Å². The Labute approximate surface area is 115 Å². The molecule has 0 spiro atoms. The van der Waals surface area contributed by atoms with Gasteiger partial charge in [0.1, 0.15) is 11.4 Å². The van der Waals surface area contributed by atoms with Gasteiger partial charge in [-0.15, -0.1) is 0 Å². The summed E-state index contributed by atoms with van der Waals surface area (Å²) < 4.78 is 6.97. The van der Waals surface area contributed by atoms with Crippen LogP contribution in [0, 0.1) is 0 Å². The highest BCUT2D eigenvalue weighted by Gasteiger charge is 2.14. The van der Waals surface area contributed by atoms with E-state index in [1.54, 1.807) is 30.9 Å². The Morgan fingerprint density at radius 3 is 2.75 bits per heavy atom. The fourth-order valence-electron chi connectivity index (χ4n) is 2.43. The fraction of sp³-hybridized carbons (Fsp3) is 0.133. The number of para-hydroxylation sites is 1. The number of fused-ring (bicyclic) bond motifs is 1.